The third-order valence-electron chi connectivity index (χ3n) is 4.76. The van der Waals surface area contributed by atoms with E-state index in [0.29, 0.717) is 16.5 Å². The molecular formula is C19H17FN4O4S. The molecule has 2 N–H and O–H groups in total. The van der Waals surface area contributed by atoms with Gasteiger partial charge in [-0.3, -0.25) is 14.3 Å². The predicted molar refractivity (Wildman–Crippen MR) is 107 cm³/mol. The van der Waals surface area contributed by atoms with Crippen LogP contribution < -0.4 is 4.31 Å². The number of hydrogen-bond acceptors (Lipinski definition) is 6. The molecule has 0 spiro atoms. The number of rotatable bonds is 4. The lowest BCUT2D eigenvalue weighted by Gasteiger charge is -2.20. The lowest BCUT2D eigenvalue weighted by molar-refractivity contribution is 0.424. The van der Waals surface area contributed by atoms with E-state index in [9.17, 15) is 23.0 Å². The van der Waals surface area contributed by atoms with Crippen LogP contribution in [0.4, 0.5) is 10.1 Å². The molecule has 0 aliphatic heterocycles. The van der Waals surface area contributed by atoms with E-state index in [1.807, 2.05) is 0 Å². The fourth-order valence-electron chi connectivity index (χ4n) is 3.31. The van der Waals surface area contributed by atoms with Crippen molar-refractivity contribution in [2.45, 2.75) is 6.54 Å². The van der Waals surface area contributed by atoms with Crippen LogP contribution in [0.25, 0.3) is 21.7 Å². The Labute approximate surface area is 165 Å². The van der Waals surface area contributed by atoms with E-state index >= 15 is 0 Å². The molecule has 150 valence electrons. The van der Waals surface area contributed by atoms with Gasteiger partial charge in [-0.2, -0.15) is 0 Å². The molecule has 0 amide bonds. The molecule has 0 bridgehead atoms. The topological polar surface area (TPSA) is 109 Å². The first kappa shape index (κ1) is 18.9. The van der Waals surface area contributed by atoms with Crippen molar-refractivity contribution in [3.63, 3.8) is 0 Å². The van der Waals surface area contributed by atoms with Crippen LogP contribution in [0.5, 0.6) is 11.6 Å². The molecule has 10 heteroatoms. The number of sulfonamides is 1. The summed E-state index contributed by atoms with van der Waals surface area (Å²) in [4.78, 5) is 8.13. The van der Waals surface area contributed by atoms with Crippen molar-refractivity contribution in [1.29, 1.82) is 0 Å². The lowest BCUT2D eigenvalue weighted by atomic mass is 10.1. The van der Waals surface area contributed by atoms with Gasteiger partial charge in [0.05, 0.1) is 35.8 Å². The normalized spacial score (nSPS) is 12.0. The minimum absolute atomic E-state index is 0.0730. The fraction of sp³-hybridized carbons (Fsp3) is 0.158. The quantitative estimate of drug-likeness (QED) is 0.529. The molecule has 0 atom stereocenters. The Kier molecular flexibility index (Phi) is 4.30. The van der Waals surface area contributed by atoms with Crippen LogP contribution in [0.2, 0.25) is 0 Å². The summed E-state index contributed by atoms with van der Waals surface area (Å²) in [5.74, 6) is -1.02. The number of anilines is 1. The summed E-state index contributed by atoms with van der Waals surface area (Å²) in [5.41, 5.74) is 0.921. The van der Waals surface area contributed by atoms with E-state index < -0.39 is 15.8 Å². The highest BCUT2D eigenvalue weighted by Gasteiger charge is 2.25. The van der Waals surface area contributed by atoms with Crippen LogP contribution in [-0.4, -0.2) is 46.5 Å². The third-order valence-corrected chi connectivity index (χ3v) is 5.94. The van der Waals surface area contributed by atoms with Crippen LogP contribution in [0.3, 0.4) is 0 Å². The molecular weight excluding hydrogens is 399 g/mol. The van der Waals surface area contributed by atoms with Gasteiger partial charge < -0.3 is 14.8 Å². The van der Waals surface area contributed by atoms with Crippen molar-refractivity contribution in [2.75, 3.05) is 17.6 Å². The Bertz CT molecular complexity index is 1350. The number of benzene rings is 1. The van der Waals surface area contributed by atoms with E-state index in [1.165, 1.54) is 36.1 Å². The Morgan fingerprint density at radius 1 is 1.17 bits per heavy atom. The molecule has 1 aromatic carbocycles. The van der Waals surface area contributed by atoms with Crippen LogP contribution >= 0.6 is 0 Å². The molecule has 0 unspecified atom stereocenters. The maximum absolute atomic E-state index is 13.1. The highest BCUT2D eigenvalue weighted by atomic mass is 32.2. The zero-order valence-electron chi connectivity index (χ0n) is 15.5. The van der Waals surface area contributed by atoms with Crippen LogP contribution in [0.15, 0.2) is 42.9 Å². The second-order valence-electron chi connectivity index (χ2n) is 6.66. The van der Waals surface area contributed by atoms with Crippen molar-refractivity contribution in [3.8, 4) is 11.6 Å². The number of phenols is 1. The number of hydrogen-bond donors (Lipinski definition) is 2. The van der Waals surface area contributed by atoms with E-state index in [4.69, 9.17) is 0 Å². The van der Waals surface area contributed by atoms with Gasteiger partial charge in [-0.15, -0.1) is 0 Å². The minimum atomic E-state index is -3.64. The molecule has 3 heterocycles. The molecule has 4 aromatic rings. The third kappa shape index (κ3) is 3.11. The number of phenolic OH excluding ortho intramolecular Hbond substituents is 1. The highest BCUT2D eigenvalue weighted by molar-refractivity contribution is 7.92. The zero-order valence-corrected chi connectivity index (χ0v) is 16.4. The summed E-state index contributed by atoms with van der Waals surface area (Å²) >= 11 is 0. The van der Waals surface area contributed by atoms with E-state index in [-0.39, 0.29) is 34.8 Å². The van der Waals surface area contributed by atoms with Crippen molar-refractivity contribution < 1.29 is 23.0 Å². The molecule has 0 saturated heterocycles. The summed E-state index contributed by atoms with van der Waals surface area (Å²) in [5, 5.41) is 22.3. The van der Waals surface area contributed by atoms with Crippen LogP contribution in [-0.2, 0) is 16.6 Å². The Hall–Kier alpha value is -3.40. The first-order valence-corrected chi connectivity index (χ1v) is 10.4. The number of aromatic nitrogens is 3. The average molecular weight is 416 g/mol. The monoisotopic (exact) mass is 416 g/mol. The SMILES string of the molecule is CN(c1c2cccnc2c(O)c2c(O)n(Cc3ccc(F)cn3)cc12)S(C)(=O)=O. The Morgan fingerprint density at radius 2 is 1.93 bits per heavy atom. The smallest absolute Gasteiger partial charge is 0.232 e. The molecule has 29 heavy (non-hydrogen) atoms. The highest BCUT2D eigenvalue weighted by Crippen LogP contribution is 2.46. The van der Waals surface area contributed by atoms with Crippen molar-refractivity contribution in [1.82, 2.24) is 14.5 Å². The second-order valence-corrected chi connectivity index (χ2v) is 8.68. The molecule has 4 rings (SSSR count). The molecule has 8 nitrogen and oxygen atoms in total. The van der Waals surface area contributed by atoms with E-state index in [0.717, 1.165) is 16.8 Å². The van der Waals surface area contributed by atoms with Gasteiger partial charge in [0.1, 0.15) is 11.3 Å². The minimum Gasteiger partial charge on any atom is -0.505 e. The number of pyridine rings is 2. The summed E-state index contributed by atoms with van der Waals surface area (Å²) in [6.45, 7) is 0.0893. The zero-order chi connectivity index (χ0) is 20.9. The summed E-state index contributed by atoms with van der Waals surface area (Å²) in [6, 6.07) is 6.00. The Balaban J connectivity index is 2.03. The number of aromatic hydroxyl groups is 2. The van der Waals surface area contributed by atoms with Crippen LogP contribution in [0.1, 0.15) is 5.69 Å². The number of nitrogens with zero attached hydrogens (tertiary/aromatic N) is 4. The van der Waals surface area contributed by atoms with Crippen LogP contribution in [0, 0.1) is 5.82 Å². The van der Waals surface area contributed by atoms with Gasteiger partial charge in [-0.05, 0) is 24.3 Å². The molecule has 0 radical (unpaired) electrons. The van der Waals surface area contributed by atoms with Gasteiger partial charge >= 0.3 is 0 Å². The van der Waals surface area contributed by atoms with Crippen molar-refractivity contribution in [3.05, 3.63) is 54.4 Å². The lowest BCUT2D eigenvalue weighted by Crippen LogP contribution is -2.25. The summed E-state index contributed by atoms with van der Waals surface area (Å²) in [6.07, 6.45) is 5.12. The molecule has 3 aromatic heterocycles. The van der Waals surface area contributed by atoms with Gasteiger partial charge in [-0.25, -0.2) is 12.8 Å². The summed E-state index contributed by atoms with van der Waals surface area (Å²) < 4.78 is 40.1. The van der Waals surface area contributed by atoms with Crippen molar-refractivity contribution >= 4 is 37.4 Å². The van der Waals surface area contributed by atoms with Gasteiger partial charge in [0.25, 0.3) is 0 Å². The molecule has 0 saturated carbocycles. The average Bonchev–Trinajstić information content (AvgIpc) is 2.99. The Morgan fingerprint density at radius 3 is 2.59 bits per heavy atom. The van der Waals surface area contributed by atoms with E-state index in [1.54, 1.807) is 12.1 Å². The first-order chi connectivity index (χ1) is 13.7. The van der Waals surface area contributed by atoms with E-state index in [2.05, 4.69) is 9.97 Å². The fourth-order valence-corrected chi connectivity index (χ4v) is 3.84. The van der Waals surface area contributed by atoms with Gasteiger partial charge in [0, 0.05) is 30.2 Å². The largest absolute Gasteiger partial charge is 0.505 e. The molecule has 0 fully saturated rings. The molecule has 0 aliphatic carbocycles. The predicted octanol–water partition coefficient (Wildman–Crippen LogP) is 2.58. The van der Waals surface area contributed by atoms with Gasteiger partial charge in [-0.1, -0.05) is 0 Å². The molecule has 0 aliphatic rings. The second kappa shape index (κ2) is 6.59. The number of halogens is 1. The maximum Gasteiger partial charge on any atom is 0.232 e. The van der Waals surface area contributed by atoms with Gasteiger partial charge in [0.2, 0.25) is 15.9 Å². The van der Waals surface area contributed by atoms with Gasteiger partial charge in [0.15, 0.2) is 5.75 Å². The number of fused-ring (bicyclic) bond motifs is 2. The maximum atomic E-state index is 13.1. The summed E-state index contributed by atoms with van der Waals surface area (Å²) in [7, 11) is -2.25. The first-order valence-electron chi connectivity index (χ1n) is 8.54. The van der Waals surface area contributed by atoms with Crippen molar-refractivity contribution in [2.24, 2.45) is 0 Å². The standard InChI is InChI=1S/C19H17FN4O4S/c1-23(29(2,27)28)17-13-4-3-7-21-16(13)18(25)15-14(17)10-24(19(15)26)9-12-6-5-11(20)8-22-12/h3-8,10,25-26H,9H2,1-2H3.